The fourth-order valence-corrected chi connectivity index (χ4v) is 1.63. The van der Waals surface area contributed by atoms with Gasteiger partial charge in [-0.2, -0.15) is 13.2 Å². The predicted octanol–water partition coefficient (Wildman–Crippen LogP) is 2.51. The smallest absolute Gasteiger partial charge is 0.395 e. The molecule has 0 radical (unpaired) electrons. The lowest BCUT2D eigenvalue weighted by atomic mass is 10.1. The molecule has 4 nitrogen and oxygen atoms in total. The number of hydrogen-bond donors (Lipinski definition) is 3. The van der Waals surface area contributed by atoms with Gasteiger partial charge < -0.3 is 15.7 Å². The van der Waals surface area contributed by atoms with Gasteiger partial charge in [0.15, 0.2) is 5.96 Å². The Morgan fingerprint density at radius 1 is 1.27 bits per heavy atom. The second-order valence-electron chi connectivity index (χ2n) is 4.14. The molecule has 0 aliphatic rings. The Balaban J connectivity index is 0.00000441. The van der Waals surface area contributed by atoms with E-state index in [1.165, 1.54) is 0 Å². The molecule has 1 aromatic rings. The van der Waals surface area contributed by atoms with Crippen LogP contribution in [-0.2, 0) is 12.7 Å². The zero-order valence-electron chi connectivity index (χ0n) is 11.9. The Kier molecular flexibility index (Phi) is 9.33. The van der Waals surface area contributed by atoms with Crippen molar-refractivity contribution >= 4 is 29.9 Å². The summed E-state index contributed by atoms with van der Waals surface area (Å²) in [5, 5.41) is 14.3. The molecule has 1 rings (SSSR count). The first-order chi connectivity index (χ1) is 9.88. The van der Waals surface area contributed by atoms with Gasteiger partial charge in [-0.05, 0) is 24.6 Å². The summed E-state index contributed by atoms with van der Waals surface area (Å²) in [5.74, 6) is -0.663. The van der Waals surface area contributed by atoms with Gasteiger partial charge in [0.2, 0.25) is 0 Å². The lowest BCUT2D eigenvalue weighted by Gasteiger charge is -2.13. The first kappa shape index (κ1) is 20.9. The minimum absolute atomic E-state index is 0. The van der Waals surface area contributed by atoms with Crippen molar-refractivity contribution in [2.45, 2.75) is 19.6 Å². The molecule has 0 unspecified atom stereocenters. The first-order valence-corrected chi connectivity index (χ1v) is 6.37. The molecule has 22 heavy (non-hydrogen) atoms. The number of halogens is 5. The van der Waals surface area contributed by atoms with E-state index in [2.05, 4.69) is 15.6 Å². The second kappa shape index (κ2) is 9.82. The highest BCUT2D eigenvalue weighted by Gasteiger charge is 2.33. The van der Waals surface area contributed by atoms with Crippen LogP contribution in [0.3, 0.4) is 0 Å². The molecule has 0 aliphatic carbocycles. The van der Waals surface area contributed by atoms with Gasteiger partial charge >= 0.3 is 6.18 Å². The van der Waals surface area contributed by atoms with Gasteiger partial charge in [-0.3, -0.25) is 0 Å². The normalized spacial score (nSPS) is 11.8. The number of hydrogen-bond acceptors (Lipinski definition) is 2. The standard InChI is InChI=1S/C13H17F4N3O.HI/c1-2-18-12(19-5-6-21)20-8-9-3-4-10(14)7-11(9)13(15,16)17;/h3-4,7,21H,2,5-6,8H2,1H3,(H2,18,19,20);1H. The largest absolute Gasteiger partial charge is 0.416 e. The van der Waals surface area contributed by atoms with Crippen LogP contribution in [0.15, 0.2) is 23.2 Å². The van der Waals surface area contributed by atoms with Crippen LogP contribution in [0.4, 0.5) is 17.6 Å². The van der Waals surface area contributed by atoms with Gasteiger partial charge in [-0.25, -0.2) is 9.38 Å². The van der Waals surface area contributed by atoms with Gasteiger partial charge in [0.05, 0.1) is 18.7 Å². The number of nitrogens with one attached hydrogen (secondary N) is 2. The molecule has 0 atom stereocenters. The highest BCUT2D eigenvalue weighted by atomic mass is 127. The van der Waals surface area contributed by atoms with Gasteiger partial charge in [-0.1, -0.05) is 6.07 Å². The number of aliphatic imine (C=N–C) groups is 1. The number of rotatable bonds is 5. The van der Waals surface area contributed by atoms with Crippen molar-refractivity contribution in [3.8, 4) is 0 Å². The van der Waals surface area contributed by atoms with Crippen molar-refractivity contribution in [3.05, 3.63) is 35.1 Å². The molecule has 0 spiro atoms. The quantitative estimate of drug-likeness (QED) is 0.289. The molecule has 0 bridgehead atoms. The van der Waals surface area contributed by atoms with E-state index in [1.54, 1.807) is 6.92 Å². The van der Waals surface area contributed by atoms with Gasteiger partial charge in [0.25, 0.3) is 0 Å². The summed E-state index contributed by atoms with van der Waals surface area (Å²) in [7, 11) is 0. The van der Waals surface area contributed by atoms with Crippen molar-refractivity contribution in [3.63, 3.8) is 0 Å². The maximum atomic E-state index is 13.0. The molecular formula is C13H18F4IN3O. The number of aliphatic hydroxyl groups excluding tert-OH is 1. The molecule has 0 aromatic heterocycles. The molecular weight excluding hydrogens is 417 g/mol. The maximum Gasteiger partial charge on any atom is 0.416 e. The zero-order valence-corrected chi connectivity index (χ0v) is 14.2. The Morgan fingerprint density at radius 3 is 2.50 bits per heavy atom. The van der Waals surface area contributed by atoms with Gasteiger partial charge in [-0.15, -0.1) is 24.0 Å². The minimum atomic E-state index is -4.64. The average molecular weight is 435 g/mol. The minimum Gasteiger partial charge on any atom is -0.395 e. The lowest BCUT2D eigenvalue weighted by molar-refractivity contribution is -0.138. The van der Waals surface area contributed by atoms with Crippen LogP contribution in [0.2, 0.25) is 0 Å². The molecule has 126 valence electrons. The van der Waals surface area contributed by atoms with E-state index < -0.39 is 17.6 Å². The Labute approximate surface area is 143 Å². The van der Waals surface area contributed by atoms with E-state index in [4.69, 9.17) is 5.11 Å². The van der Waals surface area contributed by atoms with Crippen molar-refractivity contribution < 1.29 is 22.7 Å². The zero-order chi connectivity index (χ0) is 15.9. The molecule has 0 saturated heterocycles. The monoisotopic (exact) mass is 435 g/mol. The van der Waals surface area contributed by atoms with E-state index in [-0.39, 0.29) is 55.2 Å². The lowest BCUT2D eigenvalue weighted by Crippen LogP contribution is -2.38. The fraction of sp³-hybridized carbons (Fsp3) is 0.462. The Bertz CT molecular complexity index is 495. The second-order valence-corrected chi connectivity index (χ2v) is 4.14. The predicted molar refractivity (Wildman–Crippen MR) is 86.7 cm³/mol. The van der Waals surface area contributed by atoms with Crippen LogP contribution in [0.5, 0.6) is 0 Å². The Morgan fingerprint density at radius 2 is 1.95 bits per heavy atom. The van der Waals surface area contributed by atoms with Gasteiger partial charge in [0, 0.05) is 13.1 Å². The summed E-state index contributed by atoms with van der Waals surface area (Å²) in [5.41, 5.74) is -1.16. The number of aliphatic hydroxyl groups is 1. The van der Waals surface area contributed by atoms with E-state index in [9.17, 15) is 17.6 Å². The van der Waals surface area contributed by atoms with Gasteiger partial charge in [0.1, 0.15) is 5.82 Å². The number of alkyl halides is 3. The van der Waals surface area contributed by atoms with Crippen LogP contribution in [0.1, 0.15) is 18.1 Å². The third kappa shape index (κ3) is 6.77. The van der Waals surface area contributed by atoms with Crippen LogP contribution in [0, 0.1) is 5.82 Å². The van der Waals surface area contributed by atoms with E-state index in [0.29, 0.717) is 12.6 Å². The van der Waals surface area contributed by atoms with Crippen molar-refractivity contribution in [1.82, 2.24) is 10.6 Å². The summed E-state index contributed by atoms with van der Waals surface area (Å²) in [4.78, 5) is 3.99. The van der Waals surface area contributed by atoms with Crippen molar-refractivity contribution in [1.29, 1.82) is 0 Å². The van der Waals surface area contributed by atoms with Crippen LogP contribution in [0.25, 0.3) is 0 Å². The molecule has 0 amide bonds. The van der Waals surface area contributed by atoms with Crippen LogP contribution >= 0.6 is 24.0 Å². The Hall–Kier alpha value is -1.10. The topological polar surface area (TPSA) is 56.7 Å². The molecule has 0 fully saturated rings. The summed E-state index contributed by atoms with van der Waals surface area (Å²) in [6.45, 7) is 2.16. The first-order valence-electron chi connectivity index (χ1n) is 6.37. The summed E-state index contributed by atoms with van der Waals surface area (Å²) >= 11 is 0. The molecule has 9 heteroatoms. The summed E-state index contributed by atoms with van der Waals surface area (Å²) in [6.07, 6.45) is -4.64. The molecule has 0 saturated carbocycles. The highest BCUT2D eigenvalue weighted by Crippen LogP contribution is 2.32. The highest BCUT2D eigenvalue weighted by molar-refractivity contribution is 14.0. The van der Waals surface area contributed by atoms with E-state index >= 15 is 0 Å². The summed E-state index contributed by atoms with van der Waals surface area (Å²) < 4.78 is 51.4. The average Bonchev–Trinajstić information content (AvgIpc) is 2.42. The molecule has 3 N–H and O–H groups in total. The third-order valence-electron chi connectivity index (χ3n) is 2.53. The molecule has 0 heterocycles. The van der Waals surface area contributed by atoms with Crippen LogP contribution in [-0.4, -0.2) is 30.8 Å². The van der Waals surface area contributed by atoms with Crippen LogP contribution < -0.4 is 10.6 Å². The molecule has 1 aromatic carbocycles. The van der Waals surface area contributed by atoms with Crippen molar-refractivity contribution in [2.75, 3.05) is 19.7 Å². The maximum absolute atomic E-state index is 13.0. The third-order valence-corrected chi connectivity index (χ3v) is 2.53. The number of guanidine groups is 1. The fourth-order valence-electron chi connectivity index (χ4n) is 1.63. The van der Waals surface area contributed by atoms with E-state index in [1.807, 2.05) is 0 Å². The van der Waals surface area contributed by atoms with Crippen molar-refractivity contribution in [2.24, 2.45) is 4.99 Å². The number of nitrogens with zero attached hydrogens (tertiary/aromatic N) is 1. The number of benzene rings is 1. The summed E-state index contributed by atoms with van der Waals surface area (Å²) in [6, 6.07) is 2.49. The molecule has 0 aliphatic heterocycles. The van der Waals surface area contributed by atoms with E-state index in [0.717, 1.165) is 12.1 Å². The SMILES string of the molecule is CCNC(=NCc1ccc(F)cc1C(F)(F)F)NCCO.I.